The van der Waals surface area contributed by atoms with Crippen molar-refractivity contribution >= 4 is 43.7 Å². The fourth-order valence-electron chi connectivity index (χ4n) is 7.47. The number of hydrogen-bond acceptors (Lipinski definition) is 5. The fraction of sp³-hybridized carbons (Fsp3) is 0.0435. The van der Waals surface area contributed by atoms with E-state index in [0.717, 1.165) is 71.9 Å². The number of fused-ring (bicyclic) bond motifs is 6. The van der Waals surface area contributed by atoms with Crippen molar-refractivity contribution in [1.82, 2.24) is 24.1 Å². The zero-order valence-electron chi connectivity index (χ0n) is 29.0. The third-order valence-electron chi connectivity index (χ3n) is 10.3. The van der Waals surface area contributed by atoms with E-state index in [1.165, 1.54) is 10.8 Å². The molecule has 0 N–H and O–H groups in total. The Balaban J connectivity index is 1.05. The molecule has 53 heavy (non-hydrogen) atoms. The third kappa shape index (κ3) is 5.05. The standard InChI is InChI=1S/C46H31N5O2/c1-50-37-25-23-34(27-38(37)51(2)46(50)52)28-15-19-32(20-16-28)44-47-43(31-10-4-3-5-11-31)48-45(49-44)33-21-17-30(18-22-33)36-13-8-14-39-41(36)42-35-12-7-6-9-29(35)24-26-40(42)53-39/h3-27H,1-2H3. The number of nitrogens with zero attached hydrogens (tertiary/aromatic N) is 5. The van der Waals surface area contributed by atoms with Gasteiger partial charge in [-0.05, 0) is 57.3 Å². The van der Waals surface area contributed by atoms with Crippen molar-refractivity contribution in [3.05, 3.63) is 162 Å². The molecule has 0 radical (unpaired) electrons. The molecule has 252 valence electrons. The highest BCUT2D eigenvalue weighted by Crippen LogP contribution is 2.40. The number of aryl methyl sites for hydroxylation is 2. The molecule has 0 aliphatic heterocycles. The highest BCUT2D eigenvalue weighted by atomic mass is 16.3. The Hall–Kier alpha value is -7.12. The van der Waals surface area contributed by atoms with Gasteiger partial charge in [-0.15, -0.1) is 0 Å². The molecule has 10 aromatic rings. The molecular formula is C46H31N5O2. The Morgan fingerprint density at radius 3 is 1.74 bits per heavy atom. The molecule has 0 aliphatic carbocycles. The Morgan fingerprint density at radius 2 is 1.02 bits per heavy atom. The zero-order valence-corrected chi connectivity index (χ0v) is 29.0. The van der Waals surface area contributed by atoms with Crippen LogP contribution in [0.3, 0.4) is 0 Å². The van der Waals surface area contributed by atoms with Crippen molar-refractivity contribution in [3.8, 4) is 56.4 Å². The summed E-state index contributed by atoms with van der Waals surface area (Å²) in [5.41, 5.74) is 10.4. The van der Waals surface area contributed by atoms with Gasteiger partial charge in [0.2, 0.25) is 0 Å². The summed E-state index contributed by atoms with van der Waals surface area (Å²) in [6.07, 6.45) is 0. The van der Waals surface area contributed by atoms with Crippen molar-refractivity contribution < 1.29 is 4.42 Å². The molecule has 0 atom stereocenters. The summed E-state index contributed by atoms with van der Waals surface area (Å²) in [6, 6.07) is 51.6. The van der Waals surface area contributed by atoms with Crippen LogP contribution in [0.25, 0.3) is 100 Å². The Morgan fingerprint density at radius 1 is 0.453 bits per heavy atom. The van der Waals surface area contributed by atoms with Crippen LogP contribution in [-0.4, -0.2) is 24.1 Å². The van der Waals surface area contributed by atoms with E-state index in [2.05, 4.69) is 84.9 Å². The number of hydrogen-bond donors (Lipinski definition) is 0. The van der Waals surface area contributed by atoms with E-state index in [0.29, 0.717) is 17.5 Å². The molecule has 7 aromatic carbocycles. The minimum absolute atomic E-state index is 0.0420. The van der Waals surface area contributed by atoms with Gasteiger partial charge in [0, 0.05) is 41.6 Å². The number of benzene rings is 7. The monoisotopic (exact) mass is 685 g/mol. The summed E-state index contributed by atoms with van der Waals surface area (Å²) >= 11 is 0. The molecule has 10 rings (SSSR count). The molecule has 3 aromatic heterocycles. The Labute approximate surface area is 304 Å². The predicted molar refractivity (Wildman–Crippen MR) is 214 cm³/mol. The maximum absolute atomic E-state index is 12.5. The molecule has 3 heterocycles. The summed E-state index contributed by atoms with van der Waals surface area (Å²) in [5, 5.41) is 4.60. The lowest BCUT2D eigenvalue weighted by molar-refractivity contribution is 0.669. The number of aromatic nitrogens is 5. The maximum atomic E-state index is 12.5. The van der Waals surface area contributed by atoms with E-state index >= 15 is 0 Å². The van der Waals surface area contributed by atoms with Crippen LogP contribution >= 0.6 is 0 Å². The Bertz CT molecular complexity index is 3080. The van der Waals surface area contributed by atoms with E-state index in [-0.39, 0.29) is 5.69 Å². The highest BCUT2D eigenvalue weighted by molar-refractivity contribution is 6.22. The quantitative estimate of drug-likeness (QED) is 0.180. The van der Waals surface area contributed by atoms with E-state index in [9.17, 15) is 4.79 Å². The summed E-state index contributed by atoms with van der Waals surface area (Å²) < 4.78 is 9.69. The summed E-state index contributed by atoms with van der Waals surface area (Å²) in [4.78, 5) is 27.4. The van der Waals surface area contributed by atoms with Crippen LogP contribution < -0.4 is 5.69 Å². The molecule has 0 saturated heterocycles. The highest BCUT2D eigenvalue weighted by Gasteiger charge is 2.17. The van der Waals surface area contributed by atoms with Gasteiger partial charge in [-0.1, -0.05) is 127 Å². The molecule has 0 saturated carbocycles. The van der Waals surface area contributed by atoms with E-state index < -0.39 is 0 Å². The summed E-state index contributed by atoms with van der Waals surface area (Å²) in [6.45, 7) is 0. The van der Waals surface area contributed by atoms with E-state index in [4.69, 9.17) is 19.4 Å². The van der Waals surface area contributed by atoms with Gasteiger partial charge < -0.3 is 4.42 Å². The number of imidazole rings is 1. The van der Waals surface area contributed by atoms with Crippen LogP contribution in [0.15, 0.2) is 161 Å². The molecule has 0 aliphatic rings. The second kappa shape index (κ2) is 12.0. The van der Waals surface area contributed by atoms with E-state index in [1.54, 1.807) is 23.2 Å². The van der Waals surface area contributed by atoms with Gasteiger partial charge in [-0.25, -0.2) is 19.7 Å². The lowest BCUT2D eigenvalue weighted by Crippen LogP contribution is -2.19. The van der Waals surface area contributed by atoms with Gasteiger partial charge in [0.15, 0.2) is 17.5 Å². The molecule has 7 nitrogen and oxygen atoms in total. The van der Waals surface area contributed by atoms with Crippen LogP contribution in [0, 0.1) is 0 Å². The molecular weight excluding hydrogens is 655 g/mol. The molecule has 7 heteroatoms. The zero-order chi connectivity index (χ0) is 35.6. The largest absolute Gasteiger partial charge is 0.456 e. The average Bonchev–Trinajstić information content (AvgIpc) is 3.72. The molecule has 0 fully saturated rings. The average molecular weight is 686 g/mol. The van der Waals surface area contributed by atoms with Gasteiger partial charge in [0.05, 0.1) is 11.0 Å². The SMILES string of the molecule is Cn1c(=O)n(C)c2cc(-c3ccc(-c4nc(-c5ccccc5)nc(-c5ccc(-c6cccc7oc8ccc9ccccc9c8c67)cc5)n4)cc3)ccc21. The smallest absolute Gasteiger partial charge is 0.328 e. The minimum Gasteiger partial charge on any atom is -0.456 e. The van der Waals surface area contributed by atoms with Crippen LogP contribution in [0.2, 0.25) is 0 Å². The van der Waals surface area contributed by atoms with Crippen LogP contribution in [-0.2, 0) is 14.1 Å². The van der Waals surface area contributed by atoms with Crippen LogP contribution in [0.4, 0.5) is 0 Å². The molecule has 0 amide bonds. The lowest BCUT2D eigenvalue weighted by Gasteiger charge is -2.10. The van der Waals surface area contributed by atoms with Crippen molar-refractivity contribution in [2.24, 2.45) is 14.1 Å². The van der Waals surface area contributed by atoms with Gasteiger partial charge in [-0.3, -0.25) is 9.13 Å². The van der Waals surface area contributed by atoms with Crippen molar-refractivity contribution in [2.45, 2.75) is 0 Å². The first kappa shape index (κ1) is 30.7. The third-order valence-corrected chi connectivity index (χ3v) is 10.3. The molecule has 0 bridgehead atoms. The van der Waals surface area contributed by atoms with Gasteiger partial charge in [0.25, 0.3) is 0 Å². The van der Waals surface area contributed by atoms with Crippen LogP contribution in [0.5, 0.6) is 0 Å². The van der Waals surface area contributed by atoms with Crippen LogP contribution in [0.1, 0.15) is 0 Å². The predicted octanol–water partition coefficient (Wildman–Crippen LogP) is 10.4. The topological polar surface area (TPSA) is 78.7 Å². The summed E-state index contributed by atoms with van der Waals surface area (Å²) in [5.74, 6) is 1.79. The number of rotatable bonds is 5. The van der Waals surface area contributed by atoms with Gasteiger partial charge >= 0.3 is 5.69 Å². The summed E-state index contributed by atoms with van der Waals surface area (Å²) in [7, 11) is 3.60. The van der Waals surface area contributed by atoms with E-state index in [1.807, 2.05) is 66.7 Å². The fourth-order valence-corrected chi connectivity index (χ4v) is 7.47. The Kier molecular flexibility index (Phi) is 6.94. The van der Waals surface area contributed by atoms with Crippen molar-refractivity contribution in [3.63, 3.8) is 0 Å². The van der Waals surface area contributed by atoms with Gasteiger partial charge in [-0.2, -0.15) is 0 Å². The first-order valence-corrected chi connectivity index (χ1v) is 17.5. The van der Waals surface area contributed by atoms with Crippen molar-refractivity contribution in [2.75, 3.05) is 0 Å². The van der Waals surface area contributed by atoms with Gasteiger partial charge in [0.1, 0.15) is 11.2 Å². The lowest BCUT2D eigenvalue weighted by atomic mass is 9.96. The second-order valence-electron chi connectivity index (χ2n) is 13.4. The first-order valence-electron chi connectivity index (χ1n) is 17.5. The normalized spacial score (nSPS) is 11.7. The van der Waals surface area contributed by atoms with Crippen molar-refractivity contribution in [1.29, 1.82) is 0 Å². The first-order chi connectivity index (χ1) is 26.0. The molecule has 0 unspecified atom stereocenters. The second-order valence-corrected chi connectivity index (χ2v) is 13.4. The molecule has 0 spiro atoms. The maximum Gasteiger partial charge on any atom is 0.328 e. The number of furan rings is 1. The minimum atomic E-state index is -0.0420.